The Morgan fingerprint density at radius 1 is 1.29 bits per heavy atom. The third-order valence-corrected chi connectivity index (χ3v) is 4.15. The van der Waals surface area contributed by atoms with E-state index >= 15 is 0 Å². The summed E-state index contributed by atoms with van der Waals surface area (Å²) < 4.78 is 7.09. The fourth-order valence-electron chi connectivity index (χ4n) is 3.09. The molecule has 2 unspecified atom stereocenters. The number of hydrogen-bond donors (Lipinski definition) is 0. The molecule has 0 radical (unpaired) electrons. The molecular formula is C15H23N5O. The Kier molecular flexibility index (Phi) is 3.94. The van der Waals surface area contributed by atoms with E-state index in [1.54, 1.807) is 0 Å². The van der Waals surface area contributed by atoms with Gasteiger partial charge in [-0.15, -0.1) is 0 Å². The highest BCUT2D eigenvalue weighted by molar-refractivity contribution is 5.46. The maximum atomic E-state index is 5.21. The van der Waals surface area contributed by atoms with E-state index in [4.69, 9.17) is 4.52 Å². The molecule has 6 nitrogen and oxygen atoms in total. The van der Waals surface area contributed by atoms with Gasteiger partial charge in [0, 0.05) is 24.7 Å². The first-order chi connectivity index (χ1) is 10.2. The van der Waals surface area contributed by atoms with Crippen molar-refractivity contribution in [2.45, 2.75) is 65.1 Å². The number of hydrogen-bond acceptors (Lipinski definition) is 5. The summed E-state index contributed by atoms with van der Waals surface area (Å²) in [5.41, 5.74) is 1.18. The zero-order valence-electron chi connectivity index (χ0n) is 13.0. The average Bonchev–Trinajstić information content (AvgIpc) is 3.14. The Morgan fingerprint density at radius 2 is 2.05 bits per heavy atom. The van der Waals surface area contributed by atoms with Crippen molar-refractivity contribution in [2.24, 2.45) is 0 Å². The van der Waals surface area contributed by atoms with Crippen LogP contribution >= 0.6 is 0 Å². The first kappa shape index (κ1) is 14.1. The lowest BCUT2D eigenvalue weighted by molar-refractivity contribution is 0.370. The molecule has 0 bridgehead atoms. The Labute approximate surface area is 125 Å². The van der Waals surface area contributed by atoms with E-state index in [0.717, 1.165) is 12.8 Å². The second kappa shape index (κ2) is 5.87. The molecular weight excluding hydrogens is 266 g/mol. The topological polar surface area (TPSA) is 60.0 Å². The predicted molar refractivity (Wildman–Crippen MR) is 80.3 cm³/mol. The first-order valence-electron chi connectivity index (χ1n) is 7.79. The van der Waals surface area contributed by atoms with E-state index in [1.165, 1.54) is 18.5 Å². The van der Waals surface area contributed by atoms with Crippen LogP contribution in [0.15, 0.2) is 16.9 Å². The SMILES string of the molecule is CCCc1nc(Cn2cc(N3C(C)CCC3C)cn2)no1. The van der Waals surface area contributed by atoms with Crippen molar-refractivity contribution in [1.29, 1.82) is 0 Å². The van der Waals surface area contributed by atoms with Gasteiger partial charge in [0.15, 0.2) is 5.82 Å². The molecule has 21 heavy (non-hydrogen) atoms. The van der Waals surface area contributed by atoms with E-state index in [9.17, 15) is 0 Å². The molecule has 0 amide bonds. The minimum atomic E-state index is 0.559. The van der Waals surface area contributed by atoms with Crippen LogP contribution in [0.3, 0.4) is 0 Å². The molecule has 0 aromatic carbocycles. The van der Waals surface area contributed by atoms with Gasteiger partial charge in [0.1, 0.15) is 6.54 Å². The normalized spacial score (nSPS) is 22.1. The van der Waals surface area contributed by atoms with Crippen LogP contribution in [0, 0.1) is 0 Å². The second-order valence-corrected chi connectivity index (χ2v) is 5.93. The van der Waals surface area contributed by atoms with Gasteiger partial charge in [0.2, 0.25) is 5.89 Å². The van der Waals surface area contributed by atoms with Gasteiger partial charge in [-0.2, -0.15) is 10.1 Å². The summed E-state index contributed by atoms with van der Waals surface area (Å²) in [5, 5.41) is 8.44. The molecule has 3 heterocycles. The highest BCUT2D eigenvalue weighted by Crippen LogP contribution is 2.29. The molecule has 0 saturated carbocycles. The van der Waals surface area contributed by atoms with E-state index in [2.05, 4.69) is 47.1 Å². The van der Waals surface area contributed by atoms with E-state index in [-0.39, 0.29) is 0 Å². The molecule has 2 atom stereocenters. The van der Waals surface area contributed by atoms with Crippen molar-refractivity contribution in [3.8, 4) is 0 Å². The lowest BCUT2D eigenvalue weighted by Gasteiger charge is -2.26. The largest absolute Gasteiger partial charge is 0.364 e. The van der Waals surface area contributed by atoms with Crippen LogP contribution in [0.25, 0.3) is 0 Å². The van der Waals surface area contributed by atoms with Crippen molar-refractivity contribution in [1.82, 2.24) is 19.9 Å². The number of aryl methyl sites for hydroxylation is 1. The quantitative estimate of drug-likeness (QED) is 0.847. The van der Waals surface area contributed by atoms with Gasteiger partial charge in [0.25, 0.3) is 0 Å². The van der Waals surface area contributed by atoms with Crippen molar-refractivity contribution in [3.63, 3.8) is 0 Å². The van der Waals surface area contributed by atoms with Gasteiger partial charge in [0.05, 0.1) is 11.9 Å². The van der Waals surface area contributed by atoms with E-state index in [0.29, 0.717) is 30.3 Å². The molecule has 0 aliphatic carbocycles. The highest BCUT2D eigenvalue weighted by Gasteiger charge is 2.28. The molecule has 1 aliphatic rings. The molecule has 0 spiro atoms. The molecule has 2 aromatic heterocycles. The Balaban J connectivity index is 1.69. The lowest BCUT2D eigenvalue weighted by atomic mass is 10.2. The third kappa shape index (κ3) is 2.94. The average molecular weight is 289 g/mol. The molecule has 2 aromatic rings. The lowest BCUT2D eigenvalue weighted by Crippen LogP contribution is -2.32. The minimum Gasteiger partial charge on any atom is -0.364 e. The number of rotatable bonds is 5. The fourth-order valence-corrected chi connectivity index (χ4v) is 3.09. The van der Waals surface area contributed by atoms with E-state index in [1.807, 2.05) is 10.9 Å². The van der Waals surface area contributed by atoms with Gasteiger partial charge in [-0.3, -0.25) is 4.68 Å². The summed E-state index contributed by atoms with van der Waals surface area (Å²) in [5.74, 6) is 1.40. The molecule has 1 aliphatic heterocycles. The van der Waals surface area contributed by atoms with Gasteiger partial charge in [-0.25, -0.2) is 0 Å². The summed E-state index contributed by atoms with van der Waals surface area (Å²) in [6.07, 6.45) is 8.35. The Hall–Kier alpha value is -1.85. The third-order valence-electron chi connectivity index (χ3n) is 4.15. The van der Waals surface area contributed by atoms with Crippen LogP contribution in [0.4, 0.5) is 5.69 Å². The van der Waals surface area contributed by atoms with Crippen molar-refractivity contribution in [3.05, 3.63) is 24.1 Å². The Bertz CT molecular complexity index is 580. The van der Waals surface area contributed by atoms with Crippen molar-refractivity contribution >= 4 is 5.69 Å². The standard InChI is InChI=1S/C15H23N5O/c1-4-5-15-17-14(18-21-15)10-19-9-13(8-16-19)20-11(2)6-7-12(20)3/h8-9,11-12H,4-7,10H2,1-3H3. The molecule has 6 heteroatoms. The van der Waals surface area contributed by atoms with Crippen LogP contribution in [-0.2, 0) is 13.0 Å². The predicted octanol–water partition coefficient (Wildman–Crippen LogP) is 2.64. The van der Waals surface area contributed by atoms with Crippen molar-refractivity contribution in [2.75, 3.05) is 4.90 Å². The summed E-state index contributed by atoms with van der Waals surface area (Å²) >= 11 is 0. The number of anilines is 1. The molecule has 1 fully saturated rings. The van der Waals surface area contributed by atoms with Gasteiger partial charge in [-0.1, -0.05) is 12.1 Å². The van der Waals surface area contributed by atoms with Crippen LogP contribution < -0.4 is 4.90 Å². The van der Waals surface area contributed by atoms with Crippen LogP contribution in [0.1, 0.15) is 51.7 Å². The monoisotopic (exact) mass is 289 g/mol. The van der Waals surface area contributed by atoms with Gasteiger partial charge >= 0.3 is 0 Å². The van der Waals surface area contributed by atoms with Gasteiger partial charge in [-0.05, 0) is 33.1 Å². The number of aromatic nitrogens is 4. The summed E-state index contributed by atoms with van der Waals surface area (Å²) in [6, 6.07) is 1.16. The highest BCUT2D eigenvalue weighted by atomic mass is 16.5. The molecule has 114 valence electrons. The van der Waals surface area contributed by atoms with Gasteiger partial charge < -0.3 is 9.42 Å². The summed E-state index contributed by atoms with van der Waals surface area (Å²) in [4.78, 5) is 6.83. The Morgan fingerprint density at radius 3 is 2.76 bits per heavy atom. The molecule has 0 N–H and O–H groups in total. The fraction of sp³-hybridized carbons (Fsp3) is 0.667. The smallest absolute Gasteiger partial charge is 0.226 e. The van der Waals surface area contributed by atoms with Crippen LogP contribution in [0.5, 0.6) is 0 Å². The molecule has 1 saturated heterocycles. The number of nitrogens with zero attached hydrogens (tertiary/aromatic N) is 5. The zero-order valence-corrected chi connectivity index (χ0v) is 13.0. The second-order valence-electron chi connectivity index (χ2n) is 5.93. The molecule has 3 rings (SSSR count). The summed E-state index contributed by atoms with van der Waals surface area (Å²) in [7, 11) is 0. The maximum Gasteiger partial charge on any atom is 0.226 e. The summed E-state index contributed by atoms with van der Waals surface area (Å²) in [6.45, 7) is 7.21. The zero-order chi connectivity index (χ0) is 14.8. The van der Waals surface area contributed by atoms with Crippen LogP contribution in [0.2, 0.25) is 0 Å². The maximum absolute atomic E-state index is 5.21. The first-order valence-corrected chi connectivity index (χ1v) is 7.79. The minimum absolute atomic E-state index is 0.559. The van der Waals surface area contributed by atoms with Crippen LogP contribution in [-0.4, -0.2) is 32.0 Å². The van der Waals surface area contributed by atoms with Crippen molar-refractivity contribution < 1.29 is 4.52 Å². The van der Waals surface area contributed by atoms with E-state index < -0.39 is 0 Å².